The van der Waals surface area contributed by atoms with E-state index in [0.29, 0.717) is 23.6 Å². The van der Waals surface area contributed by atoms with Gasteiger partial charge in [0.15, 0.2) is 12.0 Å². The zero-order valence-corrected chi connectivity index (χ0v) is 21.9. The Kier molecular flexibility index (Phi) is 5.79. The quantitative estimate of drug-likeness (QED) is 0.335. The molecule has 39 heavy (non-hydrogen) atoms. The molecule has 2 N–H and O–H groups in total. The number of oxazole rings is 1. The first-order valence-electron chi connectivity index (χ1n) is 13.2. The molecule has 1 fully saturated rings. The van der Waals surface area contributed by atoms with Crippen LogP contribution in [0.25, 0.3) is 27.7 Å². The Labute approximate surface area is 225 Å². The number of hydrogen-bond acceptors (Lipinski definition) is 8. The number of pyridine rings is 2. The molecule has 10 heteroatoms. The second-order valence-electron chi connectivity index (χ2n) is 10.4. The summed E-state index contributed by atoms with van der Waals surface area (Å²) in [6, 6.07) is 10.0. The summed E-state index contributed by atoms with van der Waals surface area (Å²) in [5.41, 5.74) is 8.69. The zero-order chi connectivity index (χ0) is 26.5. The van der Waals surface area contributed by atoms with Crippen LogP contribution in [0.2, 0.25) is 0 Å². The van der Waals surface area contributed by atoms with Gasteiger partial charge in [-0.3, -0.25) is 4.79 Å². The molecule has 198 valence electrons. The van der Waals surface area contributed by atoms with E-state index < -0.39 is 0 Å². The average Bonchev–Trinajstić information content (AvgIpc) is 3.68. The molecule has 1 amide bonds. The number of nitrogens with zero attached hydrogens (tertiary/aromatic N) is 5. The van der Waals surface area contributed by atoms with Gasteiger partial charge in [0.1, 0.15) is 16.9 Å². The highest BCUT2D eigenvalue weighted by Gasteiger charge is 2.28. The molecule has 0 aliphatic carbocycles. The van der Waals surface area contributed by atoms with E-state index >= 15 is 0 Å². The highest BCUT2D eigenvalue weighted by molar-refractivity contribution is 6.08. The van der Waals surface area contributed by atoms with E-state index in [9.17, 15) is 4.79 Å². The topological polar surface area (TPSA) is 110 Å². The average molecular weight is 524 g/mol. The lowest BCUT2D eigenvalue weighted by Gasteiger charge is -2.25. The number of carbonyl (C=O) groups excluding carboxylic acids is 1. The highest BCUT2D eigenvalue weighted by atomic mass is 16.5. The number of benzene rings is 1. The molecule has 0 spiro atoms. The van der Waals surface area contributed by atoms with Gasteiger partial charge in [-0.15, -0.1) is 0 Å². The Morgan fingerprint density at radius 3 is 2.85 bits per heavy atom. The van der Waals surface area contributed by atoms with Crippen LogP contribution in [0.3, 0.4) is 0 Å². The van der Waals surface area contributed by atoms with Gasteiger partial charge >= 0.3 is 0 Å². The van der Waals surface area contributed by atoms with E-state index in [4.69, 9.17) is 14.1 Å². The van der Waals surface area contributed by atoms with Crippen LogP contribution >= 0.6 is 0 Å². The molecule has 2 aliphatic rings. The van der Waals surface area contributed by atoms with Crippen molar-refractivity contribution in [2.75, 3.05) is 32.6 Å². The van der Waals surface area contributed by atoms with Crippen molar-refractivity contribution in [2.45, 2.75) is 31.8 Å². The summed E-state index contributed by atoms with van der Waals surface area (Å²) in [6.45, 7) is 2.75. The second-order valence-corrected chi connectivity index (χ2v) is 10.4. The van der Waals surface area contributed by atoms with Crippen LogP contribution in [0, 0.1) is 0 Å². The fraction of sp³-hybridized carbons (Fsp3) is 0.310. The number of aromatic nitrogens is 4. The number of carbonyl (C=O) groups is 1. The standard InChI is InChI=1S/C29H29N7O3/c1-35(2)15-24-18(17-8-11-38-12-9-17)4-6-25(34-24)33-22-5-3-19(20-13-30-29(37)26(20)22)21-14-32-36-10-7-23-28(27(21)36)39-16-31-23/h3-7,10,14,16-17H,8-9,11-13,15H2,1-2H3,(H,30,37)(H,33,34). The van der Waals surface area contributed by atoms with Crippen LogP contribution in [0.1, 0.15) is 45.9 Å². The van der Waals surface area contributed by atoms with Gasteiger partial charge in [-0.25, -0.2) is 14.5 Å². The first kappa shape index (κ1) is 23.8. The van der Waals surface area contributed by atoms with E-state index in [1.807, 2.05) is 36.7 Å². The lowest BCUT2D eigenvalue weighted by molar-refractivity contribution is 0.0849. The van der Waals surface area contributed by atoms with Gasteiger partial charge in [0.25, 0.3) is 5.91 Å². The largest absolute Gasteiger partial charge is 0.441 e. The Hall–Kier alpha value is -4.28. The van der Waals surface area contributed by atoms with Gasteiger partial charge in [-0.2, -0.15) is 5.10 Å². The van der Waals surface area contributed by atoms with Crippen molar-refractivity contribution in [2.24, 2.45) is 0 Å². The molecular formula is C29H29N7O3. The van der Waals surface area contributed by atoms with Gasteiger partial charge in [-0.05, 0) is 67.7 Å². The maximum atomic E-state index is 13.1. The molecule has 1 aromatic carbocycles. The normalized spacial score (nSPS) is 15.8. The summed E-state index contributed by atoms with van der Waals surface area (Å²) in [5, 5.41) is 11.0. The summed E-state index contributed by atoms with van der Waals surface area (Å²) < 4.78 is 13.1. The molecule has 2 aliphatic heterocycles. The number of rotatable bonds is 6. The third kappa shape index (κ3) is 4.12. The lowest BCUT2D eigenvalue weighted by Crippen LogP contribution is -2.19. The molecule has 0 saturated carbocycles. The smallest absolute Gasteiger partial charge is 0.254 e. The van der Waals surface area contributed by atoms with Crippen molar-refractivity contribution in [3.8, 4) is 11.1 Å². The van der Waals surface area contributed by atoms with E-state index in [1.54, 1.807) is 4.52 Å². The van der Waals surface area contributed by atoms with Gasteiger partial charge in [-0.1, -0.05) is 12.1 Å². The molecule has 5 aromatic rings. The molecule has 0 bridgehead atoms. The van der Waals surface area contributed by atoms with Crippen molar-refractivity contribution in [3.05, 3.63) is 71.5 Å². The van der Waals surface area contributed by atoms with Crippen molar-refractivity contribution in [1.82, 2.24) is 29.8 Å². The van der Waals surface area contributed by atoms with Crippen molar-refractivity contribution in [3.63, 3.8) is 0 Å². The minimum atomic E-state index is -0.108. The van der Waals surface area contributed by atoms with Crippen LogP contribution in [0.4, 0.5) is 11.5 Å². The van der Waals surface area contributed by atoms with Gasteiger partial charge in [0.05, 0.1) is 23.1 Å². The summed E-state index contributed by atoms with van der Waals surface area (Å²) in [7, 11) is 4.11. The molecule has 0 radical (unpaired) electrons. The van der Waals surface area contributed by atoms with Crippen LogP contribution in [-0.4, -0.2) is 57.7 Å². The zero-order valence-electron chi connectivity index (χ0n) is 21.9. The minimum absolute atomic E-state index is 0.108. The van der Waals surface area contributed by atoms with Crippen LogP contribution < -0.4 is 10.6 Å². The maximum absolute atomic E-state index is 13.1. The molecule has 10 nitrogen and oxygen atoms in total. The fourth-order valence-corrected chi connectivity index (χ4v) is 5.82. The number of amides is 1. The maximum Gasteiger partial charge on any atom is 0.254 e. The van der Waals surface area contributed by atoms with E-state index in [2.05, 4.69) is 45.8 Å². The van der Waals surface area contributed by atoms with Crippen LogP contribution in [-0.2, 0) is 17.8 Å². The van der Waals surface area contributed by atoms with Crippen molar-refractivity contribution >= 4 is 34.0 Å². The number of anilines is 2. The van der Waals surface area contributed by atoms with Gasteiger partial charge in [0.2, 0.25) is 0 Å². The first-order valence-corrected chi connectivity index (χ1v) is 13.2. The van der Waals surface area contributed by atoms with E-state index in [-0.39, 0.29) is 5.91 Å². The van der Waals surface area contributed by atoms with Gasteiger partial charge in [0, 0.05) is 38.1 Å². The van der Waals surface area contributed by atoms with E-state index in [1.165, 1.54) is 12.0 Å². The summed E-state index contributed by atoms with van der Waals surface area (Å²) >= 11 is 0. The molecule has 6 heterocycles. The molecule has 0 unspecified atom stereocenters. The van der Waals surface area contributed by atoms with Crippen molar-refractivity contribution in [1.29, 1.82) is 0 Å². The number of ether oxygens (including phenoxy) is 1. The third-order valence-electron chi connectivity index (χ3n) is 7.63. The second kappa shape index (κ2) is 9.48. The Balaban J connectivity index is 1.28. The van der Waals surface area contributed by atoms with E-state index in [0.717, 1.165) is 77.5 Å². The summed E-state index contributed by atoms with van der Waals surface area (Å²) in [4.78, 5) is 24.5. The number of nitrogens with one attached hydrogen (secondary N) is 2. The number of hydrogen-bond donors (Lipinski definition) is 2. The van der Waals surface area contributed by atoms with Crippen LogP contribution in [0.15, 0.2) is 53.5 Å². The Morgan fingerprint density at radius 1 is 1.13 bits per heavy atom. The molecule has 7 rings (SSSR count). The predicted octanol–water partition coefficient (Wildman–Crippen LogP) is 4.48. The monoisotopic (exact) mass is 523 g/mol. The predicted molar refractivity (Wildman–Crippen MR) is 147 cm³/mol. The molecule has 0 atom stereocenters. The molecule has 4 aromatic heterocycles. The highest BCUT2D eigenvalue weighted by Crippen LogP contribution is 2.38. The number of fused-ring (bicyclic) bond motifs is 4. The van der Waals surface area contributed by atoms with Crippen molar-refractivity contribution < 1.29 is 13.9 Å². The molecular weight excluding hydrogens is 494 g/mol. The lowest BCUT2D eigenvalue weighted by atomic mass is 9.90. The van der Waals surface area contributed by atoms with Crippen LogP contribution in [0.5, 0.6) is 0 Å². The first-order chi connectivity index (χ1) is 19.1. The summed E-state index contributed by atoms with van der Waals surface area (Å²) in [6.07, 6.45) is 7.13. The Morgan fingerprint density at radius 2 is 2.00 bits per heavy atom. The molecule has 1 saturated heterocycles. The van der Waals surface area contributed by atoms with Gasteiger partial charge < -0.3 is 24.7 Å². The minimum Gasteiger partial charge on any atom is -0.441 e. The Bertz CT molecular complexity index is 1720. The third-order valence-corrected chi connectivity index (χ3v) is 7.63. The SMILES string of the molecule is CN(C)Cc1nc(Nc2ccc(-c3cnn4ccc5ncoc5c34)c3c2C(=O)NC3)ccc1C1CCOCC1. The fourth-order valence-electron chi connectivity index (χ4n) is 5.82. The summed E-state index contributed by atoms with van der Waals surface area (Å²) in [5.74, 6) is 1.06.